The number of carbonyl (C=O) groups is 2. The smallest absolute Gasteiger partial charge is 0.255 e. The molecule has 164 valence electrons. The van der Waals surface area contributed by atoms with E-state index in [-0.39, 0.29) is 23.7 Å². The van der Waals surface area contributed by atoms with Crippen LogP contribution in [0, 0.1) is 5.92 Å². The van der Waals surface area contributed by atoms with Gasteiger partial charge >= 0.3 is 0 Å². The van der Waals surface area contributed by atoms with Crippen molar-refractivity contribution in [2.45, 2.75) is 18.9 Å². The topological polar surface area (TPSA) is 97.1 Å². The zero-order valence-corrected chi connectivity index (χ0v) is 18.0. The van der Waals surface area contributed by atoms with Crippen molar-refractivity contribution >= 4 is 34.0 Å². The molecule has 0 spiro atoms. The van der Waals surface area contributed by atoms with Crippen LogP contribution in [0.25, 0.3) is 10.8 Å². The van der Waals surface area contributed by atoms with E-state index < -0.39 is 0 Å². The molecule has 1 aliphatic rings. The van der Waals surface area contributed by atoms with Crippen LogP contribution in [0.3, 0.4) is 0 Å². The summed E-state index contributed by atoms with van der Waals surface area (Å²) in [6.07, 6.45) is 4.35. The van der Waals surface area contributed by atoms with Crippen LogP contribution in [0.2, 0.25) is 0 Å². The van der Waals surface area contributed by atoms with E-state index in [1.807, 2.05) is 60.7 Å². The molecule has 4 N–H and O–H groups in total. The molecule has 4 aromatic rings. The zero-order valence-electron chi connectivity index (χ0n) is 18.0. The van der Waals surface area contributed by atoms with E-state index in [4.69, 9.17) is 5.73 Å². The average Bonchev–Trinajstić information content (AvgIpc) is 3.66. The van der Waals surface area contributed by atoms with E-state index in [0.717, 1.165) is 39.7 Å². The second kappa shape index (κ2) is 8.84. The van der Waals surface area contributed by atoms with Gasteiger partial charge in [-0.15, -0.1) is 0 Å². The number of anilines is 2. The molecule has 1 aromatic heterocycles. The summed E-state index contributed by atoms with van der Waals surface area (Å²) in [4.78, 5) is 29.5. The summed E-state index contributed by atoms with van der Waals surface area (Å²) in [5, 5.41) is 8.03. The molecule has 1 saturated carbocycles. The number of carbonyl (C=O) groups excluding carboxylic acids is 2. The zero-order chi connectivity index (χ0) is 22.8. The lowest BCUT2D eigenvalue weighted by atomic mass is 10.1. The Bertz CT molecular complexity index is 1330. The van der Waals surface area contributed by atoms with E-state index >= 15 is 0 Å². The first-order valence-corrected chi connectivity index (χ1v) is 11.0. The maximum Gasteiger partial charge on any atom is 0.255 e. The summed E-state index contributed by atoms with van der Waals surface area (Å²) < 4.78 is 0. The highest BCUT2D eigenvalue weighted by Gasteiger charge is 2.43. The van der Waals surface area contributed by atoms with Gasteiger partial charge < -0.3 is 16.4 Å². The van der Waals surface area contributed by atoms with Crippen molar-refractivity contribution in [3.8, 4) is 0 Å². The standard InChI is InChI=1S/C27H24N4O2/c28-15-20-3-1-2-4-25(20)31-26(32)18-7-5-17(6-8-18)23-14-24(23)27(33)30-22-10-9-21-16-29-12-11-19(21)13-22/h1-13,16,23-24H,14-15,28H2,(H,30,33)(H,31,32)/t23?,24-/m1/s1. The van der Waals surface area contributed by atoms with Gasteiger partial charge in [-0.25, -0.2) is 0 Å². The lowest BCUT2D eigenvalue weighted by Crippen LogP contribution is -2.15. The van der Waals surface area contributed by atoms with Crippen LogP contribution in [-0.2, 0) is 11.3 Å². The Labute approximate surface area is 191 Å². The highest BCUT2D eigenvalue weighted by molar-refractivity contribution is 6.04. The Morgan fingerprint density at radius 1 is 0.939 bits per heavy atom. The first kappa shape index (κ1) is 20.8. The number of rotatable bonds is 6. The second-order valence-electron chi connectivity index (χ2n) is 8.31. The molecule has 1 fully saturated rings. The van der Waals surface area contributed by atoms with Gasteiger partial charge in [-0.2, -0.15) is 0 Å². The first-order valence-electron chi connectivity index (χ1n) is 11.0. The maximum absolute atomic E-state index is 12.7. The number of hydrogen-bond donors (Lipinski definition) is 3. The third kappa shape index (κ3) is 4.47. The molecule has 0 saturated heterocycles. The normalized spacial score (nSPS) is 16.9. The predicted molar refractivity (Wildman–Crippen MR) is 130 cm³/mol. The molecule has 6 heteroatoms. The number of amides is 2. The van der Waals surface area contributed by atoms with Gasteiger partial charge in [-0.1, -0.05) is 36.4 Å². The number of pyridine rings is 1. The Hall–Kier alpha value is -4.03. The summed E-state index contributed by atoms with van der Waals surface area (Å²) in [5.41, 5.74) is 9.78. The number of benzene rings is 3. The molecule has 0 aliphatic heterocycles. The van der Waals surface area contributed by atoms with Crippen molar-refractivity contribution in [3.05, 3.63) is 102 Å². The molecular weight excluding hydrogens is 412 g/mol. The lowest BCUT2D eigenvalue weighted by molar-refractivity contribution is -0.117. The van der Waals surface area contributed by atoms with Crippen molar-refractivity contribution in [1.29, 1.82) is 0 Å². The molecule has 1 aliphatic carbocycles. The van der Waals surface area contributed by atoms with Gasteiger partial charge in [0.25, 0.3) is 5.91 Å². The summed E-state index contributed by atoms with van der Waals surface area (Å²) in [6.45, 7) is 0.358. The minimum atomic E-state index is -0.181. The molecule has 5 rings (SSSR count). The predicted octanol–water partition coefficient (Wildman–Crippen LogP) is 4.69. The first-order chi connectivity index (χ1) is 16.1. The Kier molecular flexibility index (Phi) is 5.59. The van der Waals surface area contributed by atoms with Gasteiger partial charge in [0.2, 0.25) is 5.91 Å². The molecule has 0 bridgehead atoms. The van der Waals surface area contributed by atoms with Gasteiger partial charge in [-0.05, 0) is 65.3 Å². The number of aromatic nitrogens is 1. The van der Waals surface area contributed by atoms with Crippen LogP contribution >= 0.6 is 0 Å². The average molecular weight is 437 g/mol. The van der Waals surface area contributed by atoms with Gasteiger partial charge in [0, 0.05) is 47.2 Å². The summed E-state index contributed by atoms with van der Waals surface area (Å²) in [5.74, 6) is -0.0494. The van der Waals surface area contributed by atoms with Crippen molar-refractivity contribution in [2.75, 3.05) is 10.6 Å². The van der Waals surface area contributed by atoms with Crippen molar-refractivity contribution in [3.63, 3.8) is 0 Å². The Morgan fingerprint density at radius 3 is 2.58 bits per heavy atom. The van der Waals surface area contributed by atoms with Gasteiger partial charge in [-0.3, -0.25) is 14.6 Å². The summed E-state index contributed by atoms with van der Waals surface area (Å²) >= 11 is 0. The van der Waals surface area contributed by atoms with E-state index in [0.29, 0.717) is 12.1 Å². The van der Waals surface area contributed by atoms with Gasteiger partial charge in [0.1, 0.15) is 0 Å². The molecule has 2 amide bonds. The third-order valence-corrected chi connectivity index (χ3v) is 6.12. The van der Waals surface area contributed by atoms with Crippen molar-refractivity contribution < 1.29 is 9.59 Å². The van der Waals surface area contributed by atoms with Crippen LogP contribution in [-0.4, -0.2) is 16.8 Å². The molecule has 1 unspecified atom stereocenters. The largest absolute Gasteiger partial charge is 0.326 e. The maximum atomic E-state index is 12.7. The highest BCUT2D eigenvalue weighted by atomic mass is 16.2. The van der Waals surface area contributed by atoms with E-state index in [1.165, 1.54) is 0 Å². The van der Waals surface area contributed by atoms with E-state index in [1.54, 1.807) is 24.5 Å². The number of nitrogens with zero attached hydrogens (tertiary/aromatic N) is 1. The molecule has 0 radical (unpaired) electrons. The summed E-state index contributed by atoms with van der Waals surface area (Å²) in [6, 6.07) is 22.7. The monoisotopic (exact) mass is 436 g/mol. The lowest BCUT2D eigenvalue weighted by Gasteiger charge is -2.10. The number of nitrogens with two attached hydrogens (primary N) is 1. The second-order valence-corrected chi connectivity index (χ2v) is 8.31. The Balaban J connectivity index is 1.21. The number of fused-ring (bicyclic) bond motifs is 1. The Morgan fingerprint density at radius 2 is 1.76 bits per heavy atom. The van der Waals surface area contributed by atoms with Crippen LogP contribution in [0.4, 0.5) is 11.4 Å². The highest BCUT2D eigenvalue weighted by Crippen LogP contribution is 2.48. The van der Waals surface area contributed by atoms with E-state index in [9.17, 15) is 9.59 Å². The molecule has 1 heterocycles. The fraction of sp³-hybridized carbons (Fsp3) is 0.148. The number of para-hydroxylation sites is 1. The fourth-order valence-corrected chi connectivity index (χ4v) is 4.15. The minimum Gasteiger partial charge on any atom is -0.326 e. The summed E-state index contributed by atoms with van der Waals surface area (Å²) in [7, 11) is 0. The molecule has 33 heavy (non-hydrogen) atoms. The molecule has 3 aromatic carbocycles. The van der Waals surface area contributed by atoms with Crippen LogP contribution in [0.15, 0.2) is 85.2 Å². The molecule has 6 nitrogen and oxygen atoms in total. The van der Waals surface area contributed by atoms with Crippen LogP contribution in [0.1, 0.15) is 33.8 Å². The van der Waals surface area contributed by atoms with Gasteiger partial charge in [0.15, 0.2) is 0 Å². The minimum absolute atomic E-state index is 0.0219. The number of nitrogens with one attached hydrogen (secondary N) is 2. The third-order valence-electron chi connectivity index (χ3n) is 6.12. The van der Waals surface area contributed by atoms with Gasteiger partial charge in [0.05, 0.1) is 0 Å². The van der Waals surface area contributed by atoms with Crippen molar-refractivity contribution in [1.82, 2.24) is 4.98 Å². The fourth-order valence-electron chi connectivity index (χ4n) is 4.15. The van der Waals surface area contributed by atoms with Crippen LogP contribution in [0.5, 0.6) is 0 Å². The quantitative estimate of drug-likeness (QED) is 0.409. The number of hydrogen-bond acceptors (Lipinski definition) is 4. The van der Waals surface area contributed by atoms with Crippen LogP contribution < -0.4 is 16.4 Å². The van der Waals surface area contributed by atoms with E-state index in [2.05, 4.69) is 15.6 Å². The molecular formula is C27H24N4O2. The van der Waals surface area contributed by atoms with Crippen molar-refractivity contribution in [2.24, 2.45) is 11.7 Å². The molecule has 2 atom stereocenters. The SMILES string of the molecule is NCc1ccccc1NC(=O)c1ccc(C2C[C@H]2C(=O)Nc2ccc3cnccc3c2)cc1.